The lowest BCUT2D eigenvalue weighted by Gasteiger charge is -2.19. The van der Waals surface area contributed by atoms with Gasteiger partial charge in [-0.05, 0) is 25.7 Å². The summed E-state index contributed by atoms with van der Waals surface area (Å²) in [6, 6.07) is 24.3. The molecular weight excluding hydrogens is 1430 g/mol. The largest absolute Gasteiger partial charge is 0.324 e. The molecule has 9 rings (SSSR count). The van der Waals surface area contributed by atoms with Gasteiger partial charge < -0.3 is 19.9 Å². The maximum absolute atomic E-state index is 16.5. The number of carbonyl (C=O) groups is 4. The van der Waals surface area contributed by atoms with Gasteiger partial charge in [0.1, 0.15) is 45.2 Å². The lowest BCUT2D eigenvalue weighted by atomic mass is 9.80. The van der Waals surface area contributed by atoms with Crippen molar-refractivity contribution in [1.82, 2.24) is 19.9 Å². The van der Waals surface area contributed by atoms with Crippen LogP contribution in [-0.4, -0.2) is 43.1 Å². The lowest BCUT2D eigenvalue weighted by molar-refractivity contribution is 0.0924. The first-order chi connectivity index (χ1) is 57.3. The van der Waals surface area contributed by atoms with Gasteiger partial charge in [0.05, 0.1) is 0 Å². The summed E-state index contributed by atoms with van der Waals surface area (Å²) in [6.07, 6.45) is 72.5. The summed E-state index contributed by atoms with van der Waals surface area (Å²) >= 11 is 0. The molecule has 5 heterocycles. The number of fused-ring (bicyclic) bond motifs is 20. The average Bonchev–Trinajstić information content (AvgIpc) is 1.50. The van der Waals surface area contributed by atoms with Crippen LogP contribution in [0.5, 0.6) is 0 Å². The molecule has 1 aliphatic rings. The zero-order chi connectivity index (χ0) is 81.3. The summed E-state index contributed by atoms with van der Waals surface area (Å²) in [5.74, 6) is 1.25. The van der Waals surface area contributed by atoms with Crippen LogP contribution >= 0.6 is 0 Å². The highest BCUT2D eigenvalue weighted by Crippen LogP contribution is 2.39. The number of H-pyrrole nitrogens is 4. The van der Waals surface area contributed by atoms with Gasteiger partial charge in [-0.1, -0.05) is 460 Å². The number of unbranched alkanes of at least 4 members (excludes halogenated alkanes) is 56. The molecule has 116 heavy (non-hydrogen) atoms. The van der Waals surface area contributed by atoms with Gasteiger partial charge in [0.2, 0.25) is 0 Å². The van der Waals surface area contributed by atoms with Gasteiger partial charge in [0.15, 0.2) is 23.1 Å². The van der Waals surface area contributed by atoms with E-state index in [1.54, 1.807) is 0 Å². The fourth-order valence-electron chi connectivity index (χ4n) is 18.3. The average molecular weight is 1580 g/mol. The number of rotatable bonds is 68. The Morgan fingerprint density at radius 1 is 0.198 bits per heavy atom. The first-order valence-electron chi connectivity index (χ1n) is 48.8. The third-order valence-corrected chi connectivity index (χ3v) is 25.3. The van der Waals surface area contributed by atoms with Crippen molar-refractivity contribution in [3.05, 3.63) is 117 Å². The van der Waals surface area contributed by atoms with Crippen LogP contribution in [0.1, 0.15) is 480 Å². The standard InChI is InChI=1S/C104H156N8O4/c1-5-9-13-17-21-25-29-33-37-41-45-49-53-57-61-77-87(113)91-92(88(114)78-62-58-54-50-46-42-38-34-30-26-22-18-14-10-6-2)94(90(116)80-64-60-56-52-48-44-40-36-32-28-24-20-16-12-8-4)96-95(93(91)89(115)79-63-59-55-51-47-43-39-35-31-27-23-19-15-11-7-3)103-110-101-85-75-69-67-73-83(85)99(108-101)106-97-81-71-65-66-72-82(81)98(105-97)107-100-84-74-68-70-76-86(84)102(109-100)111-104(96)112-103/h65-76H,5-64,77-80H2,1-4H3,(H4,105,106,107,108,109,110,111,112). The number of hydrogen-bond acceptors (Lipinski definition) is 8. The zero-order valence-corrected chi connectivity index (χ0v) is 73.6. The first-order valence-corrected chi connectivity index (χ1v) is 48.8. The molecule has 8 bridgehead atoms. The number of hydrogen-bond donors (Lipinski definition) is 4. The lowest BCUT2D eigenvalue weighted by Crippen LogP contribution is -2.23. The molecular formula is C104H156N8O4. The van der Waals surface area contributed by atoms with Gasteiger partial charge in [0, 0.05) is 91.0 Å². The summed E-state index contributed by atoms with van der Waals surface area (Å²) in [6.45, 7) is 9.14. The quantitative estimate of drug-likeness (QED) is 0.0219. The second kappa shape index (κ2) is 55.6. The number of aromatic amines is 4. The van der Waals surface area contributed by atoms with Crippen LogP contribution in [-0.2, 0) is 0 Å². The molecule has 0 aliphatic carbocycles. The smallest absolute Gasteiger partial charge is 0.164 e. The Morgan fingerprint density at radius 2 is 0.362 bits per heavy atom. The summed E-state index contributed by atoms with van der Waals surface area (Å²) in [4.78, 5) is 102. The minimum Gasteiger partial charge on any atom is -0.324 e. The predicted octanol–water partition coefficient (Wildman–Crippen LogP) is 31.5. The molecule has 0 amide bonds. The highest BCUT2D eigenvalue weighted by molar-refractivity contribution is 6.28. The minimum absolute atomic E-state index is 0.125. The molecule has 8 aromatic rings. The highest BCUT2D eigenvalue weighted by Gasteiger charge is 2.35. The summed E-state index contributed by atoms with van der Waals surface area (Å²) in [5, 5.41) is 5.82. The Balaban J connectivity index is 1.12. The molecule has 0 saturated heterocycles. The predicted molar refractivity (Wildman–Crippen MR) is 492 cm³/mol. The first kappa shape index (κ1) is 92.8. The monoisotopic (exact) mass is 1580 g/mol. The molecule has 4 N–H and O–H groups in total. The Bertz CT molecular complexity index is 4150. The molecule has 12 nitrogen and oxygen atoms in total. The van der Waals surface area contributed by atoms with Crippen molar-refractivity contribution in [2.24, 2.45) is 20.0 Å². The van der Waals surface area contributed by atoms with Gasteiger partial charge in [-0.25, -0.2) is 20.0 Å². The van der Waals surface area contributed by atoms with Crippen LogP contribution in [0.25, 0.3) is 43.1 Å². The van der Waals surface area contributed by atoms with Gasteiger partial charge in [-0.15, -0.1) is 0 Å². The maximum atomic E-state index is 16.5. The normalized spacial score (nSPS) is 12.2. The third kappa shape index (κ3) is 30.6. The van der Waals surface area contributed by atoms with E-state index in [0.717, 1.165) is 109 Å². The number of aromatic nitrogens is 4. The van der Waals surface area contributed by atoms with Crippen LogP contribution < -0.4 is 22.0 Å². The van der Waals surface area contributed by atoms with Gasteiger partial charge >= 0.3 is 0 Å². The molecule has 1 aliphatic heterocycles. The van der Waals surface area contributed by atoms with Crippen LogP contribution in [0.4, 0.5) is 23.3 Å². The molecule has 0 spiro atoms. The fourth-order valence-corrected chi connectivity index (χ4v) is 18.3. The van der Waals surface area contributed by atoms with E-state index < -0.39 is 0 Å². The minimum atomic E-state index is -0.239. The Hall–Kier alpha value is -7.08. The molecule has 0 radical (unpaired) electrons. The molecule has 12 heteroatoms. The van der Waals surface area contributed by atoms with E-state index in [2.05, 4.69) is 59.8 Å². The number of ketones is 4. The summed E-state index contributed by atoms with van der Waals surface area (Å²) < 4.78 is 0. The van der Waals surface area contributed by atoms with Gasteiger partial charge in [-0.3, -0.25) is 19.2 Å². The van der Waals surface area contributed by atoms with Crippen molar-refractivity contribution in [3.63, 3.8) is 0 Å². The molecule has 636 valence electrons. The Morgan fingerprint density at radius 3 is 0.569 bits per heavy atom. The van der Waals surface area contributed by atoms with Crippen molar-refractivity contribution in [2.45, 2.75) is 439 Å². The SMILES string of the molecule is CCCCCCCCCCCCCCCCCC(=O)c1c(C(=O)CCCCCCCCCCCCCCCCC)c(C(=O)CCCCCCCCCCCCCCCCC)c2c3[nH]c(c2c1C(=O)CCCCCCCCCCCCCCCCC)=Nc1[nH]c(c2ccccc12)N=c1[nH]c(c2ccccc12)=Nc1[nH]c(c2ccccc12)N=3. The molecule has 0 unspecified atom stereocenters. The molecule has 0 saturated carbocycles. The Kier molecular flexibility index (Phi) is 44.5. The van der Waals surface area contributed by atoms with Crippen molar-refractivity contribution >= 4 is 89.5 Å². The van der Waals surface area contributed by atoms with Crippen molar-refractivity contribution < 1.29 is 19.2 Å². The summed E-state index contributed by atoms with van der Waals surface area (Å²) in [5.41, 5.74) is 2.49. The van der Waals surface area contributed by atoms with Crippen molar-refractivity contribution in [3.8, 4) is 0 Å². The number of carbonyl (C=O) groups excluding carboxylic acids is 4. The van der Waals surface area contributed by atoms with Crippen molar-refractivity contribution in [1.29, 1.82) is 0 Å². The molecule has 0 fully saturated rings. The zero-order valence-electron chi connectivity index (χ0n) is 73.6. The van der Waals surface area contributed by atoms with E-state index in [4.69, 9.17) is 20.0 Å². The van der Waals surface area contributed by atoms with Gasteiger partial charge in [-0.2, -0.15) is 0 Å². The van der Waals surface area contributed by atoms with Crippen LogP contribution in [0.2, 0.25) is 0 Å². The Labute approximate surface area is 700 Å². The number of nitrogens with zero attached hydrogens (tertiary/aromatic N) is 4. The fraction of sp³-hybridized carbons (Fsp3) is 0.654. The van der Waals surface area contributed by atoms with E-state index in [0.29, 0.717) is 81.7 Å². The summed E-state index contributed by atoms with van der Waals surface area (Å²) in [7, 11) is 0. The van der Waals surface area contributed by atoms with E-state index in [1.807, 2.05) is 60.7 Å². The third-order valence-electron chi connectivity index (χ3n) is 25.3. The second-order valence-electron chi connectivity index (χ2n) is 35.1. The number of benzene rings is 4. The topological polar surface area (TPSA) is 181 Å². The van der Waals surface area contributed by atoms with E-state index in [-0.39, 0.29) is 71.1 Å². The van der Waals surface area contributed by atoms with Crippen LogP contribution in [0.15, 0.2) is 92.8 Å². The van der Waals surface area contributed by atoms with E-state index >= 15 is 19.2 Å². The number of Topliss-reactive ketones (excluding diaryl/α,β-unsaturated/α-hetero) is 4. The second-order valence-corrected chi connectivity index (χ2v) is 35.1. The van der Waals surface area contributed by atoms with Gasteiger partial charge in [0.25, 0.3) is 0 Å². The van der Waals surface area contributed by atoms with E-state index in [9.17, 15) is 0 Å². The number of nitrogens with one attached hydrogen (secondary N) is 4. The molecule has 4 aromatic carbocycles. The maximum Gasteiger partial charge on any atom is 0.164 e. The van der Waals surface area contributed by atoms with E-state index in [1.165, 1.54) is 283 Å². The van der Waals surface area contributed by atoms with Crippen LogP contribution in [0, 0.1) is 0 Å². The highest BCUT2D eigenvalue weighted by atomic mass is 16.1. The van der Waals surface area contributed by atoms with Crippen LogP contribution in [0.3, 0.4) is 0 Å². The molecule has 0 atom stereocenters. The molecule has 4 aromatic heterocycles. The van der Waals surface area contributed by atoms with Crippen molar-refractivity contribution in [2.75, 3.05) is 0 Å².